The molecule has 0 saturated heterocycles. The maximum absolute atomic E-state index is 10.4. The first kappa shape index (κ1) is 13.3. The summed E-state index contributed by atoms with van der Waals surface area (Å²) in [5, 5.41) is 28.6. The number of hydrogen-bond donors (Lipinski definition) is 2. The number of nitrogens with one attached hydrogen (secondary N) is 1. The van der Waals surface area contributed by atoms with E-state index in [0.717, 1.165) is 17.4 Å². The number of carboxylic acid groups (broad SMARTS) is 1. The van der Waals surface area contributed by atoms with E-state index in [1.54, 1.807) is 24.3 Å². The molecular formula is C11H8N4O2S2. The van der Waals surface area contributed by atoms with Crippen LogP contribution in [0.2, 0.25) is 0 Å². The highest BCUT2D eigenvalue weighted by molar-refractivity contribution is 8.01. The lowest BCUT2D eigenvalue weighted by Gasteiger charge is -2.00. The van der Waals surface area contributed by atoms with Gasteiger partial charge in [-0.3, -0.25) is 4.79 Å². The standard InChI is InChI=1S/C11H8N4O2S2/c12-5-7-1-3-8(4-2-7)13-10-14-15-11(19-10)18-6-9(16)17/h1-4H,6H2,(H,13,14)(H,16,17). The fourth-order valence-electron chi connectivity index (χ4n) is 1.19. The predicted molar refractivity (Wildman–Crippen MR) is 72.7 cm³/mol. The molecule has 0 unspecified atom stereocenters. The Morgan fingerprint density at radius 3 is 2.79 bits per heavy atom. The van der Waals surface area contributed by atoms with E-state index < -0.39 is 5.97 Å². The van der Waals surface area contributed by atoms with Crippen LogP contribution < -0.4 is 5.32 Å². The van der Waals surface area contributed by atoms with Gasteiger partial charge in [0.15, 0.2) is 4.34 Å². The van der Waals surface area contributed by atoms with Crippen LogP contribution in [0, 0.1) is 11.3 Å². The molecule has 1 heterocycles. The van der Waals surface area contributed by atoms with Gasteiger partial charge in [-0.25, -0.2) is 0 Å². The lowest BCUT2D eigenvalue weighted by atomic mass is 10.2. The number of carboxylic acids is 1. The van der Waals surface area contributed by atoms with Crippen LogP contribution in [0.3, 0.4) is 0 Å². The van der Waals surface area contributed by atoms with Crippen molar-refractivity contribution in [3.05, 3.63) is 29.8 Å². The molecule has 0 amide bonds. The van der Waals surface area contributed by atoms with Crippen molar-refractivity contribution < 1.29 is 9.90 Å². The van der Waals surface area contributed by atoms with Gasteiger partial charge in [0.05, 0.1) is 17.4 Å². The molecule has 2 aromatic rings. The van der Waals surface area contributed by atoms with E-state index in [9.17, 15) is 4.79 Å². The van der Waals surface area contributed by atoms with E-state index in [1.165, 1.54) is 11.3 Å². The predicted octanol–water partition coefficient (Wildman–Crippen LogP) is 2.33. The summed E-state index contributed by atoms with van der Waals surface area (Å²) in [6.45, 7) is 0. The number of hydrogen-bond acceptors (Lipinski definition) is 7. The highest BCUT2D eigenvalue weighted by Gasteiger charge is 2.07. The second kappa shape index (κ2) is 6.17. The molecule has 0 aliphatic rings. The quantitative estimate of drug-likeness (QED) is 0.816. The molecule has 2 N–H and O–H groups in total. The van der Waals surface area contributed by atoms with Gasteiger partial charge in [-0.2, -0.15) is 5.26 Å². The largest absolute Gasteiger partial charge is 0.481 e. The normalized spacial score (nSPS) is 9.84. The molecule has 1 aromatic heterocycles. The lowest BCUT2D eigenvalue weighted by molar-refractivity contribution is -0.133. The summed E-state index contributed by atoms with van der Waals surface area (Å²) in [5.74, 6) is -0.923. The average molecular weight is 292 g/mol. The molecule has 0 atom stereocenters. The number of nitriles is 1. The van der Waals surface area contributed by atoms with Crippen molar-refractivity contribution in [2.75, 3.05) is 11.1 Å². The number of thioether (sulfide) groups is 1. The molecule has 0 saturated carbocycles. The van der Waals surface area contributed by atoms with Crippen LogP contribution in [0.25, 0.3) is 0 Å². The summed E-state index contributed by atoms with van der Waals surface area (Å²) in [6, 6.07) is 8.97. The van der Waals surface area contributed by atoms with Gasteiger partial charge in [0.2, 0.25) is 5.13 Å². The van der Waals surface area contributed by atoms with Gasteiger partial charge in [0.1, 0.15) is 0 Å². The lowest BCUT2D eigenvalue weighted by Crippen LogP contribution is -1.96. The van der Waals surface area contributed by atoms with E-state index in [0.29, 0.717) is 15.0 Å². The number of aliphatic carboxylic acids is 1. The van der Waals surface area contributed by atoms with Gasteiger partial charge in [0.25, 0.3) is 0 Å². The SMILES string of the molecule is N#Cc1ccc(Nc2nnc(SCC(=O)O)s2)cc1. The minimum Gasteiger partial charge on any atom is -0.481 e. The summed E-state index contributed by atoms with van der Waals surface area (Å²) < 4.78 is 0.596. The average Bonchev–Trinajstić information content (AvgIpc) is 2.85. The fraction of sp³-hybridized carbons (Fsp3) is 0.0909. The number of carbonyl (C=O) groups is 1. The number of aromatic nitrogens is 2. The molecule has 0 spiro atoms. The molecule has 1 aromatic carbocycles. The topological polar surface area (TPSA) is 98.9 Å². The third kappa shape index (κ3) is 3.94. The van der Waals surface area contributed by atoms with Crippen LogP contribution in [0.4, 0.5) is 10.8 Å². The Labute approximate surface area is 117 Å². The number of benzene rings is 1. The maximum Gasteiger partial charge on any atom is 0.313 e. The monoisotopic (exact) mass is 292 g/mol. The maximum atomic E-state index is 10.4. The molecule has 19 heavy (non-hydrogen) atoms. The van der Waals surface area contributed by atoms with E-state index in [1.807, 2.05) is 6.07 Å². The minimum absolute atomic E-state index is 0.0362. The summed E-state index contributed by atoms with van der Waals surface area (Å²) in [6.07, 6.45) is 0. The van der Waals surface area contributed by atoms with Gasteiger partial charge in [-0.1, -0.05) is 23.1 Å². The van der Waals surface area contributed by atoms with Crippen LogP contribution in [-0.2, 0) is 4.79 Å². The molecule has 0 bridgehead atoms. The van der Waals surface area contributed by atoms with Crippen molar-refractivity contribution in [3.63, 3.8) is 0 Å². The van der Waals surface area contributed by atoms with Crippen molar-refractivity contribution in [1.29, 1.82) is 5.26 Å². The molecule has 96 valence electrons. The Morgan fingerprint density at radius 2 is 2.16 bits per heavy atom. The van der Waals surface area contributed by atoms with Gasteiger partial charge in [-0.15, -0.1) is 10.2 Å². The Hall–Kier alpha value is -2.11. The Morgan fingerprint density at radius 1 is 1.42 bits per heavy atom. The Bertz CT molecular complexity index is 618. The van der Waals surface area contributed by atoms with Crippen LogP contribution >= 0.6 is 23.1 Å². The zero-order valence-electron chi connectivity index (χ0n) is 9.53. The Balaban J connectivity index is 1.99. The first-order chi connectivity index (χ1) is 9.17. The van der Waals surface area contributed by atoms with E-state index in [2.05, 4.69) is 15.5 Å². The van der Waals surface area contributed by atoms with Crippen molar-refractivity contribution >= 4 is 39.9 Å². The zero-order chi connectivity index (χ0) is 13.7. The summed E-state index contributed by atoms with van der Waals surface area (Å²) >= 11 is 2.41. The zero-order valence-corrected chi connectivity index (χ0v) is 11.2. The number of rotatable bonds is 5. The fourth-order valence-corrected chi connectivity index (χ4v) is 2.69. The Kier molecular flexibility index (Phi) is 4.33. The van der Waals surface area contributed by atoms with Gasteiger partial charge in [0, 0.05) is 5.69 Å². The van der Waals surface area contributed by atoms with Crippen LogP contribution in [0.1, 0.15) is 5.56 Å². The molecular weight excluding hydrogens is 284 g/mol. The van der Waals surface area contributed by atoms with E-state index >= 15 is 0 Å². The third-order valence-corrected chi connectivity index (χ3v) is 3.95. The van der Waals surface area contributed by atoms with Crippen molar-refractivity contribution in [1.82, 2.24) is 10.2 Å². The van der Waals surface area contributed by atoms with Crippen molar-refractivity contribution in [2.45, 2.75) is 4.34 Å². The highest BCUT2D eigenvalue weighted by Crippen LogP contribution is 2.27. The van der Waals surface area contributed by atoms with E-state index in [4.69, 9.17) is 10.4 Å². The molecule has 6 nitrogen and oxygen atoms in total. The molecule has 0 aliphatic carbocycles. The van der Waals surface area contributed by atoms with Crippen LogP contribution in [-0.4, -0.2) is 27.0 Å². The number of nitrogens with zero attached hydrogens (tertiary/aromatic N) is 3. The summed E-state index contributed by atoms with van der Waals surface area (Å²) in [7, 11) is 0. The molecule has 0 aliphatic heterocycles. The smallest absolute Gasteiger partial charge is 0.313 e. The summed E-state index contributed by atoms with van der Waals surface area (Å²) in [5.41, 5.74) is 1.38. The first-order valence-corrected chi connectivity index (χ1v) is 6.93. The van der Waals surface area contributed by atoms with Crippen LogP contribution in [0.5, 0.6) is 0 Å². The van der Waals surface area contributed by atoms with Crippen molar-refractivity contribution in [3.8, 4) is 6.07 Å². The first-order valence-electron chi connectivity index (χ1n) is 5.12. The summed E-state index contributed by atoms with van der Waals surface area (Å²) in [4.78, 5) is 10.4. The molecule has 0 fully saturated rings. The van der Waals surface area contributed by atoms with Gasteiger partial charge in [-0.05, 0) is 24.3 Å². The minimum atomic E-state index is -0.887. The van der Waals surface area contributed by atoms with Crippen molar-refractivity contribution in [2.24, 2.45) is 0 Å². The molecule has 8 heteroatoms. The van der Waals surface area contributed by atoms with Gasteiger partial charge < -0.3 is 10.4 Å². The third-order valence-electron chi connectivity index (χ3n) is 1.99. The number of anilines is 2. The highest BCUT2D eigenvalue weighted by atomic mass is 32.2. The molecule has 0 radical (unpaired) electrons. The van der Waals surface area contributed by atoms with E-state index in [-0.39, 0.29) is 5.75 Å². The molecule has 2 rings (SSSR count). The van der Waals surface area contributed by atoms with Gasteiger partial charge >= 0.3 is 5.97 Å². The van der Waals surface area contributed by atoms with Crippen LogP contribution in [0.15, 0.2) is 28.6 Å². The second-order valence-corrected chi connectivity index (χ2v) is 5.57. The second-order valence-electron chi connectivity index (χ2n) is 3.37.